The normalized spacial score (nSPS) is 12.9. The van der Waals surface area contributed by atoms with Crippen LogP contribution < -0.4 is 10.6 Å². The highest BCUT2D eigenvalue weighted by Crippen LogP contribution is 2.21. The van der Waals surface area contributed by atoms with Crippen LogP contribution in [0.2, 0.25) is 0 Å². The predicted molar refractivity (Wildman–Crippen MR) is 104 cm³/mol. The molecule has 8 nitrogen and oxygen atoms in total. The van der Waals surface area contributed by atoms with E-state index in [0.29, 0.717) is 16.9 Å². The molecule has 8 heteroatoms. The molecule has 0 aliphatic carbocycles. The number of carbonyl (C=O) groups excluding carboxylic acids is 4. The molecule has 1 heterocycles. The van der Waals surface area contributed by atoms with Crippen LogP contribution in [0.5, 0.6) is 0 Å². The number of hydrogen-bond acceptors (Lipinski definition) is 7. The van der Waals surface area contributed by atoms with Gasteiger partial charge in [-0.25, -0.2) is 4.79 Å². The van der Waals surface area contributed by atoms with E-state index in [2.05, 4.69) is 10.6 Å². The van der Waals surface area contributed by atoms with E-state index in [1.54, 1.807) is 48.5 Å². The van der Waals surface area contributed by atoms with Crippen LogP contribution in [0.25, 0.3) is 0 Å². The van der Waals surface area contributed by atoms with Crippen LogP contribution in [0.4, 0.5) is 11.4 Å². The molecular formula is C21H18N2O6. The van der Waals surface area contributed by atoms with Crippen molar-refractivity contribution in [3.05, 3.63) is 71.6 Å². The Bertz CT molecular complexity index is 997. The van der Waals surface area contributed by atoms with Gasteiger partial charge >= 0.3 is 5.97 Å². The number of para-hydroxylation sites is 2. The Balaban J connectivity index is 1.64. The van der Waals surface area contributed by atoms with E-state index >= 15 is 0 Å². The van der Waals surface area contributed by atoms with Crippen molar-refractivity contribution in [2.45, 2.75) is 6.92 Å². The van der Waals surface area contributed by atoms with Crippen molar-refractivity contribution in [3.63, 3.8) is 0 Å². The number of rotatable bonds is 7. The van der Waals surface area contributed by atoms with E-state index in [4.69, 9.17) is 9.47 Å². The summed E-state index contributed by atoms with van der Waals surface area (Å²) in [5.74, 6) is -2.39. The Morgan fingerprint density at radius 2 is 1.72 bits per heavy atom. The van der Waals surface area contributed by atoms with Crippen LogP contribution in [0.15, 0.2) is 66.1 Å². The number of anilines is 2. The van der Waals surface area contributed by atoms with E-state index in [1.807, 2.05) is 6.07 Å². The molecule has 0 saturated carbocycles. The summed E-state index contributed by atoms with van der Waals surface area (Å²) >= 11 is 0. The van der Waals surface area contributed by atoms with E-state index in [9.17, 15) is 19.2 Å². The van der Waals surface area contributed by atoms with Crippen molar-refractivity contribution in [2.75, 3.05) is 23.8 Å². The average Bonchev–Trinajstić information content (AvgIpc) is 3.07. The van der Waals surface area contributed by atoms with Gasteiger partial charge in [-0.3, -0.25) is 14.4 Å². The predicted octanol–water partition coefficient (Wildman–Crippen LogP) is 2.29. The number of esters is 1. The van der Waals surface area contributed by atoms with Crippen LogP contribution in [-0.4, -0.2) is 36.7 Å². The topological polar surface area (TPSA) is 111 Å². The minimum Gasteiger partial charge on any atom is -0.470 e. The third-order valence-corrected chi connectivity index (χ3v) is 4.00. The first kappa shape index (κ1) is 19.8. The van der Waals surface area contributed by atoms with Gasteiger partial charge in [0.1, 0.15) is 0 Å². The van der Waals surface area contributed by atoms with E-state index < -0.39 is 24.3 Å². The summed E-state index contributed by atoms with van der Waals surface area (Å²) in [4.78, 5) is 48.1. The van der Waals surface area contributed by atoms with Crippen LogP contribution >= 0.6 is 0 Å². The largest absolute Gasteiger partial charge is 0.470 e. The number of ketones is 2. The minimum absolute atomic E-state index is 0.0199. The van der Waals surface area contributed by atoms with Gasteiger partial charge in [-0.1, -0.05) is 30.3 Å². The van der Waals surface area contributed by atoms with Gasteiger partial charge in [-0.05, 0) is 31.2 Å². The number of amides is 1. The monoisotopic (exact) mass is 394 g/mol. The number of ether oxygens (including phenoxy) is 2. The van der Waals surface area contributed by atoms with Crippen molar-refractivity contribution < 1.29 is 28.7 Å². The molecule has 0 fully saturated rings. The summed E-state index contributed by atoms with van der Waals surface area (Å²) in [6.45, 7) is 0.461. The van der Waals surface area contributed by atoms with Crippen molar-refractivity contribution in [2.24, 2.45) is 0 Å². The second kappa shape index (κ2) is 8.83. The molecule has 0 aromatic heterocycles. The molecule has 0 unspecified atom stereocenters. The lowest BCUT2D eigenvalue weighted by molar-refractivity contribution is -0.144. The first-order valence-corrected chi connectivity index (χ1v) is 8.75. The molecule has 3 rings (SSSR count). The highest BCUT2D eigenvalue weighted by atomic mass is 16.5. The SMILES string of the molecule is CC(=O)c1ccccc1NC(=O)COC(=O)C1=C(Nc2ccccc2)OCC1=O. The fourth-order valence-corrected chi connectivity index (χ4v) is 2.66. The second-order valence-electron chi connectivity index (χ2n) is 6.13. The van der Waals surface area contributed by atoms with E-state index in [-0.39, 0.29) is 23.8 Å². The lowest BCUT2D eigenvalue weighted by atomic mass is 10.1. The molecule has 1 amide bonds. The zero-order valence-corrected chi connectivity index (χ0v) is 15.6. The maximum Gasteiger partial charge on any atom is 0.347 e. The Morgan fingerprint density at radius 1 is 1.03 bits per heavy atom. The Hall–Kier alpha value is -3.94. The number of Topliss-reactive ketones (excluding diaryl/α,β-unsaturated/α-hetero) is 2. The van der Waals surface area contributed by atoms with Crippen molar-refractivity contribution in [1.29, 1.82) is 0 Å². The maximum atomic E-state index is 12.3. The van der Waals surface area contributed by atoms with Crippen molar-refractivity contribution >= 4 is 34.8 Å². The zero-order chi connectivity index (χ0) is 20.8. The van der Waals surface area contributed by atoms with Gasteiger partial charge in [0.05, 0.1) is 5.69 Å². The van der Waals surface area contributed by atoms with Gasteiger partial charge in [0.2, 0.25) is 11.7 Å². The highest BCUT2D eigenvalue weighted by molar-refractivity contribution is 6.20. The quantitative estimate of drug-likeness (QED) is 0.421. The lowest BCUT2D eigenvalue weighted by Crippen LogP contribution is -2.24. The molecule has 0 radical (unpaired) electrons. The first-order chi connectivity index (χ1) is 14.0. The Labute approximate surface area is 166 Å². The summed E-state index contributed by atoms with van der Waals surface area (Å²) < 4.78 is 10.2. The summed E-state index contributed by atoms with van der Waals surface area (Å²) in [7, 11) is 0. The molecule has 148 valence electrons. The lowest BCUT2D eigenvalue weighted by Gasteiger charge is -2.10. The molecule has 0 bridgehead atoms. The van der Waals surface area contributed by atoms with Crippen LogP contribution in [0.3, 0.4) is 0 Å². The Morgan fingerprint density at radius 3 is 2.45 bits per heavy atom. The smallest absolute Gasteiger partial charge is 0.347 e. The highest BCUT2D eigenvalue weighted by Gasteiger charge is 2.32. The van der Waals surface area contributed by atoms with Gasteiger partial charge in [-0.2, -0.15) is 0 Å². The third-order valence-electron chi connectivity index (χ3n) is 4.00. The van der Waals surface area contributed by atoms with Crippen molar-refractivity contribution in [3.8, 4) is 0 Å². The summed E-state index contributed by atoms with van der Waals surface area (Å²) in [6.07, 6.45) is 0. The first-order valence-electron chi connectivity index (χ1n) is 8.75. The number of hydrogen-bond donors (Lipinski definition) is 2. The van der Waals surface area contributed by atoms with Gasteiger partial charge < -0.3 is 20.1 Å². The summed E-state index contributed by atoms with van der Waals surface area (Å²) in [5, 5.41) is 5.36. The molecule has 2 aromatic carbocycles. The number of carbonyl (C=O) groups is 4. The summed E-state index contributed by atoms with van der Waals surface area (Å²) in [5.41, 5.74) is 0.988. The molecule has 1 aliphatic rings. The molecule has 1 aliphatic heterocycles. The van der Waals surface area contributed by atoms with Crippen molar-refractivity contribution in [1.82, 2.24) is 0 Å². The molecule has 29 heavy (non-hydrogen) atoms. The number of benzene rings is 2. The van der Waals surface area contributed by atoms with Gasteiger partial charge in [0.25, 0.3) is 5.91 Å². The molecule has 0 spiro atoms. The molecule has 2 N–H and O–H groups in total. The maximum absolute atomic E-state index is 12.3. The van der Waals surface area contributed by atoms with E-state index in [0.717, 1.165) is 0 Å². The van der Waals surface area contributed by atoms with Crippen LogP contribution in [-0.2, 0) is 23.9 Å². The number of nitrogens with one attached hydrogen (secondary N) is 2. The van der Waals surface area contributed by atoms with E-state index in [1.165, 1.54) is 6.92 Å². The average molecular weight is 394 g/mol. The zero-order valence-electron chi connectivity index (χ0n) is 15.6. The fraction of sp³-hybridized carbons (Fsp3) is 0.143. The standard InChI is InChI=1S/C21H18N2O6/c1-13(24)15-9-5-6-10-16(15)23-18(26)12-29-21(27)19-17(25)11-28-20(19)22-14-7-3-2-4-8-14/h2-10,22H,11-12H2,1H3,(H,23,26). The Kier molecular flexibility index (Phi) is 6.03. The second-order valence-corrected chi connectivity index (χ2v) is 6.13. The summed E-state index contributed by atoms with van der Waals surface area (Å²) in [6, 6.07) is 15.3. The van der Waals surface area contributed by atoms with Gasteiger partial charge in [0.15, 0.2) is 24.6 Å². The van der Waals surface area contributed by atoms with Crippen LogP contribution in [0, 0.1) is 0 Å². The minimum atomic E-state index is -0.971. The molecule has 2 aromatic rings. The molecular weight excluding hydrogens is 376 g/mol. The van der Waals surface area contributed by atoms with Crippen LogP contribution in [0.1, 0.15) is 17.3 Å². The van der Waals surface area contributed by atoms with Gasteiger partial charge in [0, 0.05) is 11.3 Å². The van der Waals surface area contributed by atoms with Gasteiger partial charge in [-0.15, -0.1) is 0 Å². The molecule has 0 atom stereocenters. The third kappa shape index (κ3) is 4.86. The molecule has 0 saturated heterocycles. The fourth-order valence-electron chi connectivity index (χ4n) is 2.66.